The maximum absolute atomic E-state index is 11.4. The summed E-state index contributed by atoms with van der Waals surface area (Å²) in [6.07, 6.45) is 5.99. The van der Waals surface area contributed by atoms with Gasteiger partial charge in [0.1, 0.15) is 0 Å². The highest BCUT2D eigenvalue weighted by Crippen LogP contribution is 2.26. The quantitative estimate of drug-likeness (QED) is 0.322. The summed E-state index contributed by atoms with van der Waals surface area (Å²) in [5.41, 5.74) is 9.47. The Morgan fingerprint density at radius 2 is 2.05 bits per heavy atom. The fraction of sp³-hybridized carbons (Fsp3) is 0.400. The van der Waals surface area contributed by atoms with Crippen molar-refractivity contribution < 1.29 is 4.79 Å². The van der Waals surface area contributed by atoms with Crippen molar-refractivity contribution in [2.45, 2.75) is 32.1 Å². The van der Waals surface area contributed by atoms with Crippen LogP contribution in [0, 0.1) is 10.8 Å². The highest BCUT2D eigenvalue weighted by Gasteiger charge is 2.15. The SMILES string of the molecule is N=C(N)NC(=N)NCCc1ccc2c(c1C=O)CCCC2. The highest BCUT2D eigenvalue weighted by atomic mass is 16.1. The van der Waals surface area contributed by atoms with E-state index in [1.807, 2.05) is 6.07 Å². The van der Waals surface area contributed by atoms with Crippen molar-refractivity contribution in [3.8, 4) is 0 Å². The van der Waals surface area contributed by atoms with Gasteiger partial charge in [-0.2, -0.15) is 0 Å². The average Bonchev–Trinajstić information content (AvgIpc) is 2.46. The zero-order valence-electron chi connectivity index (χ0n) is 12.0. The van der Waals surface area contributed by atoms with Crippen LogP contribution in [0.5, 0.6) is 0 Å². The highest BCUT2D eigenvalue weighted by molar-refractivity contribution is 5.94. The van der Waals surface area contributed by atoms with Gasteiger partial charge in [0.15, 0.2) is 18.2 Å². The lowest BCUT2D eigenvalue weighted by molar-refractivity contribution is 0.112. The van der Waals surface area contributed by atoms with Gasteiger partial charge in [-0.15, -0.1) is 0 Å². The average molecular weight is 287 g/mol. The van der Waals surface area contributed by atoms with Crippen LogP contribution in [-0.2, 0) is 19.3 Å². The summed E-state index contributed by atoms with van der Waals surface area (Å²) in [7, 11) is 0. The number of aldehydes is 1. The van der Waals surface area contributed by atoms with Gasteiger partial charge in [0.2, 0.25) is 0 Å². The Bertz CT molecular complexity index is 567. The van der Waals surface area contributed by atoms with Crippen molar-refractivity contribution in [2.75, 3.05) is 6.54 Å². The van der Waals surface area contributed by atoms with Crippen LogP contribution in [0.15, 0.2) is 12.1 Å². The normalized spacial score (nSPS) is 13.1. The molecule has 0 unspecified atom stereocenters. The second kappa shape index (κ2) is 6.88. The first-order chi connectivity index (χ1) is 10.1. The molecule has 6 N–H and O–H groups in total. The molecule has 112 valence electrons. The molecule has 0 bridgehead atoms. The van der Waals surface area contributed by atoms with E-state index in [-0.39, 0.29) is 11.9 Å². The Balaban J connectivity index is 2.02. The molecule has 0 saturated heterocycles. The molecule has 21 heavy (non-hydrogen) atoms. The van der Waals surface area contributed by atoms with Crippen LogP contribution in [0.4, 0.5) is 0 Å². The van der Waals surface area contributed by atoms with Crippen LogP contribution in [0.3, 0.4) is 0 Å². The number of hydrogen-bond donors (Lipinski definition) is 5. The molecule has 0 radical (unpaired) electrons. The molecule has 1 aliphatic rings. The summed E-state index contributed by atoms with van der Waals surface area (Å²) < 4.78 is 0. The third-order valence-corrected chi connectivity index (χ3v) is 3.74. The molecule has 0 aliphatic heterocycles. The van der Waals surface area contributed by atoms with Crippen LogP contribution in [-0.4, -0.2) is 24.8 Å². The van der Waals surface area contributed by atoms with Crippen LogP contribution in [0.1, 0.15) is 39.9 Å². The number of carbonyl (C=O) groups is 1. The Morgan fingerprint density at radius 1 is 1.29 bits per heavy atom. The predicted octanol–water partition coefficient (Wildman–Crippen LogP) is 0.928. The Hall–Kier alpha value is -2.37. The third-order valence-electron chi connectivity index (χ3n) is 3.74. The molecule has 0 atom stereocenters. The van der Waals surface area contributed by atoms with Crippen LogP contribution in [0.25, 0.3) is 0 Å². The number of hydrogen-bond acceptors (Lipinski definition) is 3. The van der Waals surface area contributed by atoms with Gasteiger partial charge in [-0.25, -0.2) is 0 Å². The van der Waals surface area contributed by atoms with Crippen molar-refractivity contribution in [3.63, 3.8) is 0 Å². The maximum atomic E-state index is 11.4. The van der Waals surface area contributed by atoms with Crippen LogP contribution >= 0.6 is 0 Å². The molecule has 2 rings (SSSR count). The number of benzene rings is 1. The molecule has 0 spiro atoms. The zero-order valence-corrected chi connectivity index (χ0v) is 12.0. The summed E-state index contributed by atoms with van der Waals surface area (Å²) in [6, 6.07) is 4.13. The van der Waals surface area contributed by atoms with Crippen LogP contribution in [0.2, 0.25) is 0 Å². The number of nitrogens with one attached hydrogen (secondary N) is 4. The second-order valence-corrected chi connectivity index (χ2v) is 5.19. The number of carbonyl (C=O) groups excluding carboxylic acids is 1. The van der Waals surface area contributed by atoms with E-state index in [4.69, 9.17) is 16.6 Å². The van der Waals surface area contributed by atoms with Crippen molar-refractivity contribution in [1.29, 1.82) is 10.8 Å². The monoisotopic (exact) mass is 287 g/mol. The molecular formula is C15H21N5O. The van der Waals surface area contributed by atoms with E-state index in [1.54, 1.807) is 0 Å². The summed E-state index contributed by atoms with van der Waals surface area (Å²) in [4.78, 5) is 11.4. The van der Waals surface area contributed by atoms with Gasteiger partial charge >= 0.3 is 0 Å². The topological polar surface area (TPSA) is 115 Å². The van der Waals surface area contributed by atoms with E-state index < -0.39 is 0 Å². The van der Waals surface area contributed by atoms with E-state index in [2.05, 4.69) is 16.7 Å². The van der Waals surface area contributed by atoms with Gasteiger partial charge in [-0.1, -0.05) is 12.1 Å². The van der Waals surface area contributed by atoms with Gasteiger partial charge in [-0.3, -0.25) is 20.9 Å². The fourth-order valence-electron chi connectivity index (χ4n) is 2.77. The minimum absolute atomic E-state index is 0.00638. The third kappa shape index (κ3) is 3.81. The molecule has 1 aromatic rings. The smallest absolute Gasteiger partial charge is 0.195 e. The predicted molar refractivity (Wildman–Crippen MR) is 83.0 cm³/mol. The Morgan fingerprint density at radius 3 is 2.76 bits per heavy atom. The first kappa shape index (κ1) is 15.0. The first-order valence-electron chi connectivity index (χ1n) is 7.14. The molecule has 6 nitrogen and oxygen atoms in total. The summed E-state index contributed by atoms with van der Waals surface area (Å²) in [5.74, 6) is -0.275. The molecule has 0 heterocycles. The molecule has 6 heteroatoms. The summed E-state index contributed by atoms with van der Waals surface area (Å²) >= 11 is 0. The number of nitrogens with two attached hydrogens (primary N) is 1. The van der Waals surface area contributed by atoms with Crippen molar-refractivity contribution >= 4 is 18.2 Å². The maximum Gasteiger partial charge on any atom is 0.195 e. The first-order valence-corrected chi connectivity index (χ1v) is 7.14. The minimum Gasteiger partial charge on any atom is -0.370 e. The Labute approximate surface area is 124 Å². The van der Waals surface area contributed by atoms with Crippen molar-refractivity contribution in [2.24, 2.45) is 5.73 Å². The number of aryl methyl sites for hydroxylation is 1. The van der Waals surface area contributed by atoms with E-state index in [0.717, 1.165) is 36.7 Å². The molecule has 0 amide bonds. The standard InChI is InChI=1S/C15H21N5O/c16-14(17)20-15(18)19-8-7-11-6-5-10-3-1-2-4-12(10)13(11)9-21/h5-6,9H,1-4,7-8H2,(H6,16,17,18,19,20). The number of rotatable bonds is 4. The lowest BCUT2D eigenvalue weighted by Gasteiger charge is -2.20. The van der Waals surface area contributed by atoms with E-state index in [9.17, 15) is 4.79 Å². The number of guanidine groups is 2. The molecular weight excluding hydrogens is 266 g/mol. The van der Waals surface area contributed by atoms with Crippen molar-refractivity contribution in [1.82, 2.24) is 10.6 Å². The van der Waals surface area contributed by atoms with Gasteiger partial charge in [-0.05, 0) is 48.8 Å². The zero-order chi connectivity index (χ0) is 15.2. The van der Waals surface area contributed by atoms with Gasteiger partial charge in [0.05, 0.1) is 0 Å². The van der Waals surface area contributed by atoms with Gasteiger partial charge in [0.25, 0.3) is 0 Å². The van der Waals surface area contributed by atoms with Crippen LogP contribution < -0.4 is 16.4 Å². The molecule has 1 aliphatic carbocycles. The largest absolute Gasteiger partial charge is 0.370 e. The summed E-state index contributed by atoms with van der Waals surface area (Å²) in [5, 5.41) is 19.8. The van der Waals surface area contributed by atoms with E-state index >= 15 is 0 Å². The fourth-order valence-corrected chi connectivity index (χ4v) is 2.77. The van der Waals surface area contributed by atoms with Gasteiger partial charge < -0.3 is 11.1 Å². The molecule has 0 fully saturated rings. The molecule has 1 aromatic carbocycles. The van der Waals surface area contributed by atoms with Crippen molar-refractivity contribution in [3.05, 3.63) is 34.4 Å². The second-order valence-electron chi connectivity index (χ2n) is 5.19. The lowest BCUT2D eigenvalue weighted by atomic mass is 9.86. The minimum atomic E-state index is -0.269. The van der Waals surface area contributed by atoms with Gasteiger partial charge in [0, 0.05) is 12.1 Å². The molecule has 0 aromatic heterocycles. The van der Waals surface area contributed by atoms with E-state index in [0.29, 0.717) is 13.0 Å². The van der Waals surface area contributed by atoms with E-state index in [1.165, 1.54) is 17.5 Å². The number of fused-ring (bicyclic) bond motifs is 1. The lowest BCUT2D eigenvalue weighted by Crippen LogP contribution is -2.43. The Kier molecular flexibility index (Phi) is 4.92. The summed E-state index contributed by atoms with van der Waals surface area (Å²) in [6.45, 7) is 0.513. The molecule has 0 saturated carbocycles.